The molecule has 1 aromatic carbocycles. The molecule has 3 heterocycles. The number of hydrogen-bond donors (Lipinski definition) is 0. The van der Waals surface area contributed by atoms with Gasteiger partial charge < -0.3 is 0 Å². The average molecular weight is 357 g/mol. The molecule has 0 aliphatic carbocycles. The van der Waals surface area contributed by atoms with E-state index >= 15 is 0 Å². The van der Waals surface area contributed by atoms with E-state index in [4.69, 9.17) is 0 Å². The quantitative estimate of drug-likeness (QED) is 0.687. The number of likely N-dealkylation sites (tertiary alicyclic amines) is 1. The highest BCUT2D eigenvalue weighted by molar-refractivity contribution is 7.15. The number of pyridine rings is 1. The Balaban J connectivity index is 1.30. The average Bonchev–Trinajstić information content (AvgIpc) is 3.06. The maximum absolute atomic E-state index is 13.3. The molecule has 0 bridgehead atoms. The van der Waals surface area contributed by atoms with Gasteiger partial charge in [0, 0.05) is 48.7 Å². The van der Waals surface area contributed by atoms with Crippen molar-refractivity contribution in [1.29, 1.82) is 0 Å². The molecule has 128 valence electrons. The maximum Gasteiger partial charge on any atom is 0.159 e. The van der Waals surface area contributed by atoms with Crippen LogP contribution in [0.15, 0.2) is 48.9 Å². The van der Waals surface area contributed by atoms with E-state index in [1.54, 1.807) is 29.8 Å². The summed E-state index contributed by atoms with van der Waals surface area (Å²) in [6.07, 6.45) is 6.27. The van der Waals surface area contributed by atoms with E-state index in [2.05, 4.69) is 14.9 Å². The van der Waals surface area contributed by atoms with Crippen LogP contribution in [0.3, 0.4) is 0 Å². The molecule has 2 aromatic heterocycles. The van der Waals surface area contributed by atoms with E-state index in [1.807, 2.05) is 18.3 Å². The molecule has 0 spiro atoms. The Morgan fingerprint density at radius 1 is 1.08 bits per heavy atom. The lowest BCUT2D eigenvalue weighted by Crippen LogP contribution is -2.46. The molecule has 3 aromatic rings. The molecule has 6 heteroatoms. The topological polar surface area (TPSA) is 29.0 Å². The summed E-state index contributed by atoms with van der Waals surface area (Å²) >= 11 is 1.70. The van der Waals surface area contributed by atoms with E-state index in [0.717, 1.165) is 42.2 Å². The molecule has 1 fully saturated rings. The van der Waals surface area contributed by atoms with Crippen molar-refractivity contribution in [1.82, 2.24) is 14.9 Å². The molecule has 0 unspecified atom stereocenters. The van der Waals surface area contributed by atoms with Crippen LogP contribution in [0.25, 0.3) is 10.6 Å². The van der Waals surface area contributed by atoms with Crippen molar-refractivity contribution < 1.29 is 8.78 Å². The second-order valence-electron chi connectivity index (χ2n) is 6.38. The van der Waals surface area contributed by atoms with Gasteiger partial charge in [-0.3, -0.25) is 9.88 Å². The highest BCUT2D eigenvalue weighted by atomic mass is 32.1. The van der Waals surface area contributed by atoms with Crippen molar-refractivity contribution in [3.05, 3.63) is 71.0 Å². The predicted molar refractivity (Wildman–Crippen MR) is 94.2 cm³/mol. The first-order valence-corrected chi connectivity index (χ1v) is 9.00. The molecular weight excluding hydrogens is 340 g/mol. The number of nitrogens with zero attached hydrogens (tertiary/aromatic N) is 3. The van der Waals surface area contributed by atoms with Gasteiger partial charge in [-0.2, -0.15) is 0 Å². The van der Waals surface area contributed by atoms with Crippen LogP contribution in [0.2, 0.25) is 0 Å². The summed E-state index contributed by atoms with van der Waals surface area (Å²) in [7, 11) is 0. The van der Waals surface area contributed by atoms with Crippen molar-refractivity contribution in [2.45, 2.75) is 13.0 Å². The summed E-state index contributed by atoms with van der Waals surface area (Å²) in [6, 6.07) is 8.11. The molecule has 0 N–H and O–H groups in total. The van der Waals surface area contributed by atoms with Crippen molar-refractivity contribution in [2.24, 2.45) is 5.92 Å². The summed E-state index contributed by atoms with van der Waals surface area (Å²) in [4.78, 5) is 12.1. The first-order chi connectivity index (χ1) is 12.2. The zero-order valence-corrected chi connectivity index (χ0v) is 14.3. The molecular formula is C19H17F2N3S. The molecule has 4 rings (SSSR count). The van der Waals surface area contributed by atoms with Crippen LogP contribution in [-0.2, 0) is 13.0 Å². The lowest BCUT2D eigenvalue weighted by molar-refractivity contribution is 0.0936. The Kier molecular flexibility index (Phi) is 4.55. The molecule has 0 radical (unpaired) electrons. The molecule has 25 heavy (non-hydrogen) atoms. The Hall–Kier alpha value is -2.18. The fourth-order valence-electron chi connectivity index (χ4n) is 3.16. The Bertz CT molecular complexity index is 860. The van der Waals surface area contributed by atoms with Gasteiger partial charge in [-0.15, -0.1) is 11.3 Å². The maximum atomic E-state index is 13.3. The molecule has 0 amide bonds. The minimum absolute atomic E-state index is 0.498. The lowest BCUT2D eigenvalue weighted by atomic mass is 9.92. The summed E-state index contributed by atoms with van der Waals surface area (Å²) in [6.45, 7) is 2.83. The first kappa shape index (κ1) is 16.3. The largest absolute Gasteiger partial charge is 0.298 e. The molecule has 1 aliphatic rings. The summed E-state index contributed by atoms with van der Waals surface area (Å²) in [5.41, 5.74) is 1.95. The Morgan fingerprint density at radius 3 is 2.64 bits per heavy atom. The number of benzene rings is 1. The van der Waals surface area contributed by atoms with Crippen LogP contribution < -0.4 is 0 Å². The van der Waals surface area contributed by atoms with E-state index in [9.17, 15) is 8.78 Å². The third-order valence-electron chi connectivity index (χ3n) is 4.40. The van der Waals surface area contributed by atoms with E-state index < -0.39 is 11.6 Å². The van der Waals surface area contributed by atoms with Gasteiger partial charge in [-0.05, 0) is 42.2 Å². The number of rotatable bonds is 5. The second kappa shape index (κ2) is 6.98. The number of thiazole rings is 1. The van der Waals surface area contributed by atoms with E-state index in [0.29, 0.717) is 5.92 Å². The van der Waals surface area contributed by atoms with Gasteiger partial charge in [0.05, 0.1) is 0 Å². The first-order valence-electron chi connectivity index (χ1n) is 8.19. The van der Waals surface area contributed by atoms with Crippen molar-refractivity contribution in [2.75, 3.05) is 13.1 Å². The zero-order chi connectivity index (χ0) is 17.2. The van der Waals surface area contributed by atoms with E-state index in [1.165, 1.54) is 17.0 Å². The van der Waals surface area contributed by atoms with Crippen molar-refractivity contribution in [3.8, 4) is 10.6 Å². The third-order valence-corrected chi connectivity index (χ3v) is 5.43. The fraction of sp³-hybridized carbons (Fsp3) is 0.263. The van der Waals surface area contributed by atoms with Gasteiger partial charge in [0.2, 0.25) is 0 Å². The molecule has 3 nitrogen and oxygen atoms in total. The molecule has 1 saturated heterocycles. The zero-order valence-electron chi connectivity index (χ0n) is 13.5. The Labute approximate surface area is 149 Å². The summed E-state index contributed by atoms with van der Waals surface area (Å²) in [5.74, 6) is -1.05. The second-order valence-corrected chi connectivity index (χ2v) is 7.50. The summed E-state index contributed by atoms with van der Waals surface area (Å²) in [5, 5.41) is 1.01. The van der Waals surface area contributed by atoms with Crippen LogP contribution in [0.5, 0.6) is 0 Å². The molecule has 0 saturated carbocycles. The fourth-order valence-corrected chi connectivity index (χ4v) is 4.12. The van der Waals surface area contributed by atoms with Crippen LogP contribution in [0.1, 0.15) is 10.4 Å². The van der Waals surface area contributed by atoms with Gasteiger partial charge >= 0.3 is 0 Å². The van der Waals surface area contributed by atoms with Gasteiger partial charge in [-0.1, -0.05) is 6.07 Å². The molecule has 1 aliphatic heterocycles. The van der Waals surface area contributed by atoms with Gasteiger partial charge in [0.15, 0.2) is 11.6 Å². The van der Waals surface area contributed by atoms with E-state index in [-0.39, 0.29) is 0 Å². The van der Waals surface area contributed by atoms with Crippen LogP contribution in [-0.4, -0.2) is 28.0 Å². The van der Waals surface area contributed by atoms with Gasteiger partial charge in [-0.25, -0.2) is 13.8 Å². The summed E-state index contributed by atoms with van der Waals surface area (Å²) < 4.78 is 26.2. The number of hydrogen-bond acceptors (Lipinski definition) is 4. The highest BCUT2D eigenvalue weighted by Gasteiger charge is 2.27. The van der Waals surface area contributed by atoms with Gasteiger partial charge in [0.1, 0.15) is 5.01 Å². The Morgan fingerprint density at radius 2 is 1.88 bits per heavy atom. The van der Waals surface area contributed by atoms with Crippen LogP contribution >= 0.6 is 11.3 Å². The number of halogens is 2. The monoisotopic (exact) mass is 357 g/mol. The third kappa shape index (κ3) is 3.75. The standard InChI is InChI=1S/C19H17F2N3S/c20-17-2-1-13(8-18(17)21)7-14-10-24(11-14)12-16-9-23-19(25-16)15-3-5-22-6-4-15/h1-6,8-9,14H,7,10-12H2. The van der Waals surface area contributed by atoms with Crippen LogP contribution in [0, 0.1) is 17.6 Å². The normalized spacial score (nSPS) is 15.3. The molecule has 0 atom stereocenters. The SMILES string of the molecule is Fc1ccc(CC2CN(Cc3cnc(-c4ccncc4)s3)C2)cc1F. The minimum atomic E-state index is -0.783. The van der Waals surface area contributed by atoms with Crippen LogP contribution in [0.4, 0.5) is 8.78 Å². The smallest absolute Gasteiger partial charge is 0.159 e. The predicted octanol–water partition coefficient (Wildman–Crippen LogP) is 4.16. The highest BCUT2D eigenvalue weighted by Crippen LogP contribution is 2.28. The van der Waals surface area contributed by atoms with Crippen molar-refractivity contribution in [3.63, 3.8) is 0 Å². The minimum Gasteiger partial charge on any atom is -0.298 e. The lowest BCUT2D eigenvalue weighted by Gasteiger charge is -2.39. The van der Waals surface area contributed by atoms with Crippen molar-refractivity contribution >= 4 is 11.3 Å². The number of aromatic nitrogens is 2. The van der Waals surface area contributed by atoms with Gasteiger partial charge in [0.25, 0.3) is 0 Å².